The smallest absolute Gasteiger partial charge is 0.339 e. The van der Waals surface area contributed by atoms with Crippen LogP contribution in [0.2, 0.25) is 5.02 Å². The topological polar surface area (TPSA) is 43.4 Å². The van der Waals surface area contributed by atoms with Gasteiger partial charge in [-0.25, -0.2) is 4.79 Å². The van der Waals surface area contributed by atoms with Crippen LogP contribution in [0.4, 0.5) is 0 Å². The molecule has 3 nitrogen and oxygen atoms in total. The lowest BCUT2D eigenvalue weighted by Crippen LogP contribution is -2.20. The molecule has 1 atom stereocenters. The molecule has 0 aliphatic heterocycles. The third kappa shape index (κ3) is 4.63. The molecule has 27 heavy (non-hydrogen) atoms. The van der Waals surface area contributed by atoms with Crippen molar-refractivity contribution >= 4 is 23.4 Å². The van der Waals surface area contributed by atoms with Crippen LogP contribution in [0.3, 0.4) is 0 Å². The van der Waals surface area contributed by atoms with Gasteiger partial charge < -0.3 is 4.74 Å². The van der Waals surface area contributed by atoms with E-state index >= 15 is 0 Å². The molecule has 0 fully saturated rings. The van der Waals surface area contributed by atoms with Crippen LogP contribution in [0.15, 0.2) is 72.8 Å². The molecule has 0 amide bonds. The lowest BCUT2D eigenvalue weighted by molar-refractivity contribution is 0.0280. The number of halogens is 1. The number of benzene rings is 3. The third-order valence-electron chi connectivity index (χ3n) is 4.24. The highest BCUT2D eigenvalue weighted by Crippen LogP contribution is 2.25. The normalized spacial score (nSPS) is 11.7. The third-order valence-corrected chi connectivity index (χ3v) is 4.47. The summed E-state index contributed by atoms with van der Waals surface area (Å²) in [5.41, 5.74) is 3.53. The van der Waals surface area contributed by atoms with Gasteiger partial charge in [-0.2, -0.15) is 0 Å². The molecule has 0 heterocycles. The fourth-order valence-corrected chi connectivity index (χ4v) is 2.86. The molecule has 0 radical (unpaired) electrons. The molecule has 0 bridgehead atoms. The van der Waals surface area contributed by atoms with Crippen LogP contribution < -0.4 is 0 Å². The van der Waals surface area contributed by atoms with Crippen LogP contribution in [-0.2, 0) is 4.74 Å². The summed E-state index contributed by atoms with van der Waals surface area (Å²) in [7, 11) is 0. The van der Waals surface area contributed by atoms with Crippen LogP contribution in [0.25, 0.3) is 0 Å². The molecular weight excluding hydrogens is 360 g/mol. The average Bonchev–Trinajstić information content (AvgIpc) is 2.67. The van der Waals surface area contributed by atoms with Gasteiger partial charge >= 0.3 is 5.97 Å². The zero-order chi connectivity index (χ0) is 19.4. The van der Waals surface area contributed by atoms with Gasteiger partial charge in [0.25, 0.3) is 0 Å². The Labute approximate surface area is 163 Å². The number of Topliss-reactive ketones (excluding diaryl/α,β-unsaturated/α-hetero) is 1. The van der Waals surface area contributed by atoms with E-state index in [1.54, 1.807) is 42.5 Å². The van der Waals surface area contributed by atoms with Crippen molar-refractivity contribution in [3.05, 3.63) is 106 Å². The second-order valence-electron chi connectivity index (χ2n) is 6.44. The predicted octanol–water partition coefficient (Wildman–Crippen LogP) is 5.74. The maximum atomic E-state index is 13.1. The van der Waals surface area contributed by atoms with E-state index in [0.29, 0.717) is 21.7 Å². The predicted molar refractivity (Wildman–Crippen MR) is 106 cm³/mol. The first kappa shape index (κ1) is 18.9. The molecule has 3 aromatic carbocycles. The molecular formula is C23H19ClO3. The van der Waals surface area contributed by atoms with Crippen LogP contribution in [0, 0.1) is 13.8 Å². The molecule has 0 saturated heterocycles. The van der Waals surface area contributed by atoms with Gasteiger partial charge in [-0.1, -0.05) is 77.3 Å². The number of carbonyl (C=O) groups is 2. The number of ketones is 1. The Morgan fingerprint density at radius 2 is 1.41 bits per heavy atom. The van der Waals surface area contributed by atoms with Gasteiger partial charge in [-0.15, -0.1) is 0 Å². The number of esters is 1. The van der Waals surface area contributed by atoms with Crippen molar-refractivity contribution in [2.45, 2.75) is 20.0 Å². The lowest BCUT2D eigenvalue weighted by atomic mass is 9.98. The van der Waals surface area contributed by atoms with E-state index in [4.69, 9.17) is 16.3 Å². The Bertz CT molecular complexity index is 960. The van der Waals surface area contributed by atoms with E-state index in [2.05, 4.69) is 0 Å². The summed E-state index contributed by atoms with van der Waals surface area (Å²) in [4.78, 5) is 25.7. The molecule has 3 aromatic rings. The highest BCUT2D eigenvalue weighted by Gasteiger charge is 2.27. The molecule has 0 aliphatic rings. The first-order valence-electron chi connectivity index (χ1n) is 8.58. The Kier molecular flexibility index (Phi) is 5.72. The molecule has 3 rings (SSSR count). The van der Waals surface area contributed by atoms with E-state index in [1.165, 1.54) is 6.07 Å². The summed E-state index contributed by atoms with van der Waals surface area (Å²) in [6.45, 7) is 3.91. The summed E-state index contributed by atoms with van der Waals surface area (Å²) < 4.78 is 5.62. The molecule has 0 N–H and O–H groups in total. The average molecular weight is 379 g/mol. The fourth-order valence-electron chi connectivity index (χ4n) is 2.67. The minimum absolute atomic E-state index is 0.269. The van der Waals surface area contributed by atoms with E-state index in [9.17, 15) is 9.59 Å². The van der Waals surface area contributed by atoms with Crippen molar-refractivity contribution in [2.75, 3.05) is 0 Å². The van der Waals surface area contributed by atoms with E-state index in [1.807, 2.05) is 38.1 Å². The molecule has 0 aliphatic carbocycles. The number of ether oxygens (including phenoxy) is 1. The zero-order valence-corrected chi connectivity index (χ0v) is 15.9. The second kappa shape index (κ2) is 8.19. The van der Waals surface area contributed by atoms with Crippen molar-refractivity contribution in [3.63, 3.8) is 0 Å². The number of aryl methyl sites for hydroxylation is 2. The minimum Gasteiger partial charge on any atom is -0.445 e. The van der Waals surface area contributed by atoms with Crippen LogP contribution in [-0.4, -0.2) is 11.8 Å². The van der Waals surface area contributed by atoms with Gasteiger partial charge in [0.2, 0.25) is 5.78 Å². The molecule has 0 aromatic heterocycles. The maximum absolute atomic E-state index is 13.1. The second-order valence-corrected chi connectivity index (χ2v) is 6.87. The van der Waals surface area contributed by atoms with Crippen molar-refractivity contribution in [2.24, 2.45) is 0 Å². The number of hydrogen-bond donors (Lipinski definition) is 0. The largest absolute Gasteiger partial charge is 0.445 e. The number of rotatable bonds is 5. The molecule has 0 unspecified atom stereocenters. The van der Waals surface area contributed by atoms with Gasteiger partial charge in [0.15, 0.2) is 6.10 Å². The molecule has 0 spiro atoms. The minimum atomic E-state index is -1.03. The summed E-state index contributed by atoms with van der Waals surface area (Å²) in [6.07, 6.45) is -1.03. The SMILES string of the molecule is Cc1ccc(C(=O)[C@H](OC(=O)c2cccc(Cl)c2)c2ccc(C)cc2)cc1. The maximum Gasteiger partial charge on any atom is 0.339 e. The first-order chi connectivity index (χ1) is 12.9. The standard InChI is InChI=1S/C23H19ClO3/c1-15-6-10-17(11-7-15)21(25)22(18-12-8-16(2)9-13-18)27-23(26)19-4-3-5-20(24)14-19/h3-14,22H,1-2H3/t22-/m1/s1. The Hall–Kier alpha value is -2.91. The van der Waals surface area contributed by atoms with Crippen molar-refractivity contribution in [3.8, 4) is 0 Å². The summed E-state index contributed by atoms with van der Waals surface area (Å²) in [5, 5.41) is 0.432. The van der Waals surface area contributed by atoms with E-state index in [-0.39, 0.29) is 5.78 Å². The summed E-state index contributed by atoms with van der Waals surface area (Å²) in [6, 6.07) is 21.1. The fraction of sp³-hybridized carbons (Fsp3) is 0.130. The van der Waals surface area contributed by atoms with Gasteiger partial charge in [-0.05, 0) is 32.0 Å². The van der Waals surface area contributed by atoms with Gasteiger partial charge in [0.1, 0.15) is 0 Å². The van der Waals surface area contributed by atoms with E-state index < -0.39 is 12.1 Å². The Balaban J connectivity index is 1.94. The van der Waals surface area contributed by atoms with Crippen LogP contribution in [0.5, 0.6) is 0 Å². The van der Waals surface area contributed by atoms with Gasteiger partial charge in [0.05, 0.1) is 5.56 Å². The highest BCUT2D eigenvalue weighted by atomic mass is 35.5. The number of hydrogen-bond acceptors (Lipinski definition) is 3. The molecule has 4 heteroatoms. The quantitative estimate of drug-likeness (QED) is 0.420. The van der Waals surface area contributed by atoms with Crippen LogP contribution in [0.1, 0.15) is 43.5 Å². The number of carbonyl (C=O) groups excluding carboxylic acids is 2. The Morgan fingerprint density at radius 1 is 0.815 bits per heavy atom. The van der Waals surface area contributed by atoms with Crippen molar-refractivity contribution < 1.29 is 14.3 Å². The van der Waals surface area contributed by atoms with Crippen molar-refractivity contribution in [1.29, 1.82) is 0 Å². The van der Waals surface area contributed by atoms with Gasteiger partial charge in [-0.3, -0.25) is 4.79 Å². The molecule has 136 valence electrons. The van der Waals surface area contributed by atoms with Crippen molar-refractivity contribution in [1.82, 2.24) is 0 Å². The Morgan fingerprint density at radius 3 is 2.00 bits per heavy atom. The van der Waals surface area contributed by atoms with Crippen LogP contribution >= 0.6 is 11.6 Å². The zero-order valence-electron chi connectivity index (χ0n) is 15.1. The molecule has 0 saturated carbocycles. The lowest BCUT2D eigenvalue weighted by Gasteiger charge is -2.18. The summed E-state index contributed by atoms with van der Waals surface area (Å²) in [5.74, 6) is -0.863. The van der Waals surface area contributed by atoms with E-state index in [0.717, 1.165) is 11.1 Å². The first-order valence-corrected chi connectivity index (χ1v) is 8.96. The monoisotopic (exact) mass is 378 g/mol. The van der Waals surface area contributed by atoms with Gasteiger partial charge in [0, 0.05) is 16.1 Å². The summed E-state index contributed by atoms with van der Waals surface area (Å²) >= 11 is 5.96. The highest BCUT2D eigenvalue weighted by molar-refractivity contribution is 6.30.